The Labute approximate surface area is 124 Å². The van der Waals surface area contributed by atoms with Crippen LogP contribution in [0.5, 0.6) is 0 Å². The van der Waals surface area contributed by atoms with E-state index in [1.807, 2.05) is 0 Å². The number of rotatable bonds is 4. The molecule has 0 aliphatic carbocycles. The summed E-state index contributed by atoms with van der Waals surface area (Å²) in [5.74, 6) is -1.71. The fourth-order valence-electron chi connectivity index (χ4n) is 1.57. The van der Waals surface area contributed by atoms with Gasteiger partial charge in [-0.05, 0) is 38.1 Å². The Hall–Kier alpha value is -2.28. The number of amides is 1. The molecule has 1 aromatic carbocycles. The molecule has 2 rings (SSSR count). The smallest absolute Gasteiger partial charge is 0.351 e. The summed E-state index contributed by atoms with van der Waals surface area (Å²) in [6.07, 6.45) is -1.01. The van der Waals surface area contributed by atoms with Gasteiger partial charge >= 0.3 is 5.97 Å². The van der Waals surface area contributed by atoms with Gasteiger partial charge in [0.15, 0.2) is 6.10 Å². The van der Waals surface area contributed by atoms with Crippen molar-refractivity contribution in [2.75, 3.05) is 0 Å². The van der Waals surface area contributed by atoms with E-state index < -0.39 is 18.0 Å². The number of nitrogens with two attached hydrogens (primary N) is 1. The van der Waals surface area contributed by atoms with Crippen molar-refractivity contribution in [2.45, 2.75) is 20.0 Å². The van der Waals surface area contributed by atoms with E-state index in [0.717, 1.165) is 11.3 Å². The van der Waals surface area contributed by atoms with Crippen molar-refractivity contribution in [1.82, 2.24) is 4.98 Å². The van der Waals surface area contributed by atoms with Crippen LogP contribution in [0.3, 0.4) is 0 Å². The van der Waals surface area contributed by atoms with Crippen molar-refractivity contribution in [2.24, 2.45) is 5.73 Å². The second-order valence-corrected chi connectivity index (χ2v) is 5.39. The van der Waals surface area contributed by atoms with Crippen LogP contribution in [0, 0.1) is 12.7 Å². The van der Waals surface area contributed by atoms with Crippen LogP contribution in [-0.4, -0.2) is 23.0 Å². The number of hydrogen-bond acceptors (Lipinski definition) is 5. The average Bonchev–Trinajstić information content (AvgIpc) is 2.81. The molecule has 7 heteroatoms. The van der Waals surface area contributed by atoms with Crippen LogP contribution in [0.15, 0.2) is 24.3 Å². The fraction of sp³-hybridized carbons (Fsp3) is 0.214. The molecule has 5 nitrogen and oxygen atoms in total. The van der Waals surface area contributed by atoms with Gasteiger partial charge in [-0.3, -0.25) is 4.79 Å². The van der Waals surface area contributed by atoms with Crippen molar-refractivity contribution in [3.05, 3.63) is 40.7 Å². The minimum atomic E-state index is -1.01. The van der Waals surface area contributed by atoms with Gasteiger partial charge in [0, 0.05) is 5.56 Å². The van der Waals surface area contributed by atoms with Gasteiger partial charge in [-0.25, -0.2) is 14.2 Å². The average molecular weight is 308 g/mol. The molecule has 1 atom stereocenters. The first-order chi connectivity index (χ1) is 9.88. The Morgan fingerprint density at radius 3 is 2.52 bits per heavy atom. The van der Waals surface area contributed by atoms with Crippen molar-refractivity contribution in [1.29, 1.82) is 0 Å². The summed E-state index contributed by atoms with van der Waals surface area (Å²) in [6, 6.07) is 5.79. The number of ether oxygens (including phenoxy) is 1. The standard InChI is InChI=1S/C14H13FN2O3S/c1-7-11(14(19)20-8(2)12(16)18)21-13(17-7)9-3-5-10(15)6-4-9/h3-6,8H,1-2H3,(H2,16,18)/t8-/m0/s1. The van der Waals surface area contributed by atoms with Crippen LogP contribution < -0.4 is 5.73 Å². The predicted octanol–water partition coefficient (Wildman–Crippen LogP) is 2.29. The Morgan fingerprint density at radius 1 is 1.33 bits per heavy atom. The van der Waals surface area contributed by atoms with E-state index in [1.165, 1.54) is 19.1 Å². The second kappa shape index (κ2) is 6.01. The number of carbonyl (C=O) groups excluding carboxylic acids is 2. The lowest BCUT2D eigenvalue weighted by Gasteiger charge is -2.08. The first kappa shape index (κ1) is 15.1. The molecule has 0 fully saturated rings. The van der Waals surface area contributed by atoms with Gasteiger partial charge < -0.3 is 10.5 Å². The molecule has 0 saturated heterocycles. The number of halogens is 1. The van der Waals surface area contributed by atoms with Gasteiger partial charge in [0.05, 0.1) is 5.69 Å². The zero-order valence-corrected chi connectivity index (χ0v) is 12.2. The molecular weight excluding hydrogens is 295 g/mol. The quantitative estimate of drug-likeness (QED) is 0.879. The summed E-state index contributed by atoms with van der Waals surface area (Å²) in [5.41, 5.74) is 6.23. The maximum absolute atomic E-state index is 12.9. The molecule has 1 heterocycles. The third-order valence-electron chi connectivity index (χ3n) is 2.76. The molecule has 110 valence electrons. The summed E-state index contributed by atoms with van der Waals surface area (Å²) >= 11 is 1.12. The number of aromatic nitrogens is 1. The molecular formula is C14H13FN2O3S. The van der Waals surface area contributed by atoms with Crippen molar-refractivity contribution in [3.63, 3.8) is 0 Å². The maximum atomic E-state index is 12.9. The number of thiazole rings is 1. The van der Waals surface area contributed by atoms with Gasteiger partial charge in [0.25, 0.3) is 5.91 Å². The Balaban J connectivity index is 2.25. The lowest BCUT2D eigenvalue weighted by molar-refractivity contribution is -0.125. The Kier molecular flexibility index (Phi) is 4.32. The van der Waals surface area contributed by atoms with Crippen LogP contribution in [0.25, 0.3) is 10.6 Å². The highest BCUT2D eigenvalue weighted by molar-refractivity contribution is 7.17. The lowest BCUT2D eigenvalue weighted by Crippen LogP contribution is -2.30. The van der Waals surface area contributed by atoms with Gasteiger partial charge in [-0.1, -0.05) is 0 Å². The topological polar surface area (TPSA) is 82.3 Å². The number of benzene rings is 1. The summed E-state index contributed by atoms with van der Waals surface area (Å²) in [5, 5.41) is 0.575. The van der Waals surface area contributed by atoms with Crippen LogP contribution >= 0.6 is 11.3 Å². The van der Waals surface area contributed by atoms with Crippen LogP contribution in [0.2, 0.25) is 0 Å². The van der Waals surface area contributed by atoms with E-state index in [4.69, 9.17) is 10.5 Å². The molecule has 2 N–H and O–H groups in total. The number of aryl methyl sites for hydroxylation is 1. The van der Waals surface area contributed by atoms with Gasteiger partial charge in [-0.2, -0.15) is 0 Å². The first-order valence-electron chi connectivity index (χ1n) is 6.12. The number of hydrogen-bond donors (Lipinski definition) is 1. The minimum Gasteiger partial charge on any atom is -0.448 e. The first-order valence-corrected chi connectivity index (χ1v) is 6.94. The number of carbonyl (C=O) groups is 2. The van der Waals surface area contributed by atoms with Crippen LogP contribution in [0.1, 0.15) is 22.3 Å². The molecule has 2 aromatic rings. The fourth-order valence-corrected chi connectivity index (χ4v) is 2.53. The van der Waals surface area contributed by atoms with E-state index in [9.17, 15) is 14.0 Å². The van der Waals surface area contributed by atoms with E-state index in [2.05, 4.69) is 4.98 Å². The van der Waals surface area contributed by atoms with Gasteiger partial charge in [0.1, 0.15) is 15.7 Å². The Bertz CT molecular complexity index is 682. The van der Waals surface area contributed by atoms with Gasteiger partial charge in [-0.15, -0.1) is 11.3 Å². The van der Waals surface area contributed by atoms with E-state index >= 15 is 0 Å². The largest absolute Gasteiger partial charge is 0.448 e. The van der Waals surface area contributed by atoms with Crippen LogP contribution in [0.4, 0.5) is 4.39 Å². The SMILES string of the molecule is Cc1nc(-c2ccc(F)cc2)sc1C(=O)O[C@@H](C)C(N)=O. The molecule has 0 spiro atoms. The zero-order valence-electron chi connectivity index (χ0n) is 11.4. The molecule has 1 amide bonds. The number of nitrogens with zero attached hydrogens (tertiary/aromatic N) is 1. The summed E-state index contributed by atoms with van der Waals surface area (Å²) in [4.78, 5) is 27.4. The highest BCUT2D eigenvalue weighted by Gasteiger charge is 2.21. The number of esters is 1. The normalized spacial score (nSPS) is 12.0. The predicted molar refractivity (Wildman–Crippen MR) is 76.3 cm³/mol. The maximum Gasteiger partial charge on any atom is 0.351 e. The van der Waals surface area contributed by atoms with Crippen LogP contribution in [-0.2, 0) is 9.53 Å². The van der Waals surface area contributed by atoms with E-state index in [0.29, 0.717) is 21.1 Å². The monoisotopic (exact) mass is 308 g/mol. The highest BCUT2D eigenvalue weighted by Crippen LogP contribution is 2.28. The van der Waals surface area contributed by atoms with Gasteiger partial charge in [0.2, 0.25) is 0 Å². The minimum absolute atomic E-state index is 0.294. The van der Waals surface area contributed by atoms with E-state index in [-0.39, 0.29) is 5.82 Å². The molecule has 0 unspecified atom stereocenters. The third kappa shape index (κ3) is 3.43. The highest BCUT2D eigenvalue weighted by atomic mass is 32.1. The summed E-state index contributed by atoms with van der Waals surface area (Å²) in [7, 11) is 0. The lowest BCUT2D eigenvalue weighted by atomic mass is 10.2. The second-order valence-electron chi connectivity index (χ2n) is 4.39. The molecule has 0 bridgehead atoms. The van der Waals surface area contributed by atoms with Crippen molar-refractivity contribution >= 4 is 23.2 Å². The molecule has 0 radical (unpaired) electrons. The Morgan fingerprint density at radius 2 is 1.95 bits per heavy atom. The summed E-state index contributed by atoms with van der Waals surface area (Å²) < 4.78 is 17.8. The molecule has 0 aliphatic rings. The van der Waals surface area contributed by atoms with Crippen molar-refractivity contribution in [3.8, 4) is 10.6 Å². The third-order valence-corrected chi connectivity index (χ3v) is 3.94. The van der Waals surface area contributed by atoms with E-state index in [1.54, 1.807) is 19.1 Å². The molecule has 0 aliphatic heterocycles. The zero-order chi connectivity index (χ0) is 15.6. The van der Waals surface area contributed by atoms with Crippen molar-refractivity contribution < 1.29 is 18.7 Å². The number of primary amides is 1. The molecule has 21 heavy (non-hydrogen) atoms. The molecule has 1 aromatic heterocycles. The molecule has 0 saturated carbocycles. The summed E-state index contributed by atoms with van der Waals surface area (Å²) in [6.45, 7) is 3.06.